The Balaban J connectivity index is 2.42. The molecule has 17 heavy (non-hydrogen) atoms. The summed E-state index contributed by atoms with van der Waals surface area (Å²) in [6.07, 6.45) is 0. The predicted molar refractivity (Wildman–Crippen MR) is 68.2 cm³/mol. The molecule has 0 aliphatic rings. The van der Waals surface area contributed by atoms with Crippen molar-refractivity contribution >= 4 is 16.7 Å². The van der Waals surface area contributed by atoms with Crippen LogP contribution in [-0.4, -0.2) is 17.1 Å². The molecule has 0 radical (unpaired) electrons. The van der Waals surface area contributed by atoms with E-state index >= 15 is 0 Å². The first-order chi connectivity index (χ1) is 8.08. The average molecular weight is 229 g/mol. The van der Waals surface area contributed by atoms with Gasteiger partial charge in [-0.2, -0.15) is 0 Å². The molecule has 0 aliphatic carbocycles. The number of aromatic hydroxyl groups is 1. The van der Waals surface area contributed by atoms with E-state index in [1.165, 1.54) is 0 Å². The Kier molecular flexibility index (Phi) is 3.00. The molecule has 0 spiro atoms. The van der Waals surface area contributed by atoms with Gasteiger partial charge in [0.05, 0.1) is 0 Å². The molecule has 88 valence electrons. The maximum Gasteiger partial charge on any atom is 0.251 e. The second-order valence-electron chi connectivity index (χ2n) is 4.34. The minimum absolute atomic E-state index is 0.0924. The van der Waals surface area contributed by atoms with E-state index < -0.39 is 0 Å². The van der Waals surface area contributed by atoms with E-state index in [4.69, 9.17) is 0 Å². The highest BCUT2D eigenvalue weighted by atomic mass is 16.3. The highest BCUT2D eigenvalue weighted by molar-refractivity contribution is 5.99. The lowest BCUT2D eigenvalue weighted by Crippen LogP contribution is -2.29. The first-order valence-electron chi connectivity index (χ1n) is 5.60. The number of nitrogens with one attached hydrogen (secondary N) is 1. The maximum absolute atomic E-state index is 11.8. The number of hydrogen-bond acceptors (Lipinski definition) is 2. The second-order valence-corrected chi connectivity index (χ2v) is 4.34. The Labute approximate surface area is 100 Å². The molecule has 0 bridgehead atoms. The standard InChI is InChI=1S/C14H15NO2/c1-9(2)15-14(17)11-6-7-12-10(8-11)4-3-5-13(12)16/h3-9,16H,1-2H3,(H,15,17). The Morgan fingerprint density at radius 2 is 2.00 bits per heavy atom. The third kappa shape index (κ3) is 2.38. The fraction of sp³-hybridized carbons (Fsp3) is 0.214. The zero-order chi connectivity index (χ0) is 12.4. The van der Waals surface area contributed by atoms with Crippen molar-refractivity contribution in [3.05, 3.63) is 42.0 Å². The van der Waals surface area contributed by atoms with Gasteiger partial charge in [-0.1, -0.05) is 12.1 Å². The maximum atomic E-state index is 11.8. The molecule has 3 nitrogen and oxygen atoms in total. The lowest BCUT2D eigenvalue weighted by molar-refractivity contribution is 0.0943. The van der Waals surface area contributed by atoms with Crippen LogP contribution in [0.1, 0.15) is 24.2 Å². The normalized spacial score (nSPS) is 10.8. The van der Waals surface area contributed by atoms with Crippen LogP contribution in [-0.2, 0) is 0 Å². The first-order valence-corrected chi connectivity index (χ1v) is 5.60. The van der Waals surface area contributed by atoms with Gasteiger partial charge < -0.3 is 10.4 Å². The Bertz CT molecular complexity index is 561. The van der Waals surface area contributed by atoms with Crippen LogP contribution in [0.3, 0.4) is 0 Å². The Morgan fingerprint density at radius 3 is 2.71 bits per heavy atom. The van der Waals surface area contributed by atoms with E-state index in [1.54, 1.807) is 30.3 Å². The number of benzene rings is 2. The number of rotatable bonds is 2. The zero-order valence-electron chi connectivity index (χ0n) is 9.90. The van der Waals surface area contributed by atoms with Crippen LogP contribution in [0, 0.1) is 0 Å². The van der Waals surface area contributed by atoms with Crippen molar-refractivity contribution in [3.8, 4) is 5.75 Å². The van der Waals surface area contributed by atoms with Crippen molar-refractivity contribution in [2.75, 3.05) is 0 Å². The van der Waals surface area contributed by atoms with Gasteiger partial charge in [0.1, 0.15) is 5.75 Å². The van der Waals surface area contributed by atoms with Gasteiger partial charge in [0, 0.05) is 17.0 Å². The summed E-state index contributed by atoms with van der Waals surface area (Å²) in [5.74, 6) is 0.142. The molecule has 2 aromatic carbocycles. The summed E-state index contributed by atoms with van der Waals surface area (Å²) in [7, 11) is 0. The fourth-order valence-electron chi connectivity index (χ4n) is 1.75. The summed E-state index contributed by atoms with van der Waals surface area (Å²) >= 11 is 0. The van der Waals surface area contributed by atoms with Gasteiger partial charge in [-0.05, 0) is 43.5 Å². The number of phenols is 1. The van der Waals surface area contributed by atoms with Crippen LogP contribution < -0.4 is 5.32 Å². The van der Waals surface area contributed by atoms with Gasteiger partial charge in [0.15, 0.2) is 0 Å². The molecule has 0 unspecified atom stereocenters. The number of fused-ring (bicyclic) bond motifs is 1. The molecule has 2 rings (SSSR count). The predicted octanol–water partition coefficient (Wildman–Crippen LogP) is 2.68. The SMILES string of the molecule is CC(C)NC(=O)c1ccc2c(O)cccc2c1. The van der Waals surface area contributed by atoms with Gasteiger partial charge in [-0.3, -0.25) is 4.79 Å². The van der Waals surface area contributed by atoms with Crippen molar-refractivity contribution in [1.82, 2.24) is 5.32 Å². The molecular weight excluding hydrogens is 214 g/mol. The summed E-state index contributed by atoms with van der Waals surface area (Å²) in [5, 5.41) is 14.1. The van der Waals surface area contributed by atoms with Crippen LogP contribution in [0.25, 0.3) is 10.8 Å². The van der Waals surface area contributed by atoms with E-state index in [0.29, 0.717) is 5.56 Å². The van der Waals surface area contributed by atoms with E-state index in [1.807, 2.05) is 19.9 Å². The van der Waals surface area contributed by atoms with E-state index in [-0.39, 0.29) is 17.7 Å². The molecule has 0 heterocycles. The van der Waals surface area contributed by atoms with Gasteiger partial charge in [0.2, 0.25) is 0 Å². The van der Waals surface area contributed by atoms with Crippen LogP contribution in [0.2, 0.25) is 0 Å². The largest absolute Gasteiger partial charge is 0.507 e. The highest BCUT2D eigenvalue weighted by Crippen LogP contribution is 2.24. The van der Waals surface area contributed by atoms with Gasteiger partial charge in [-0.15, -0.1) is 0 Å². The van der Waals surface area contributed by atoms with E-state index in [2.05, 4.69) is 5.32 Å². The smallest absolute Gasteiger partial charge is 0.251 e. The monoisotopic (exact) mass is 229 g/mol. The second kappa shape index (κ2) is 4.45. The van der Waals surface area contributed by atoms with E-state index in [0.717, 1.165) is 10.8 Å². The summed E-state index contributed by atoms with van der Waals surface area (Å²) in [5.41, 5.74) is 0.608. The minimum Gasteiger partial charge on any atom is -0.507 e. The summed E-state index contributed by atoms with van der Waals surface area (Å²) in [6, 6.07) is 10.7. The van der Waals surface area contributed by atoms with Crippen LogP contribution in [0.4, 0.5) is 0 Å². The minimum atomic E-state index is -0.0924. The van der Waals surface area contributed by atoms with Crippen molar-refractivity contribution < 1.29 is 9.90 Å². The van der Waals surface area contributed by atoms with Crippen LogP contribution >= 0.6 is 0 Å². The van der Waals surface area contributed by atoms with Crippen molar-refractivity contribution in [2.45, 2.75) is 19.9 Å². The summed E-state index contributed by atoms with van der Waals surface area (Å²) < 4.78 is 0. The lowest BCUT2D eigenvalue weighted by atomic mass is 10.1. The van der Waals surface area contributed by atoms with Crippen molar-refractivity contribution in [2.24, 2.45) is 0 Å². The summed E-state index contributed by atoms with van der Waals surface area (Å²) in [6.45, 7) is 3.84. The molecule has 0 atom stereocenters. The molecule has 2 aromatic rings. The number of carbonyl (C=O) groups excluding carboxylic acids is 1. The average Bonchev–Trinajstić information content (AvgIpc) is 2.28. The zero-order valence-corrected chi connectivity index (χ0v) is 9.90. The topological polar surface area (TPSA) is 49.3 Å². The highest BCUT2D eigenvalue weighted by Gasteiger charge is 2.08. The molecule has 0 aromatic heterocycles. The number of hydrogen-bond donors (Lipinski definition) is 2. The van der Waals surface area contributed by atoms with Crippen molar-refractivity contribution in [3.63, 3.8) is 0 Å². The van der Waals surface area contributed by atoms with Gasteiger partial charge in [-0.25, -0.2) is 0 Å². The molecule has 2 N–H and O–H groups in total. The molecule has 0 aliphatic heterocycles. The Hall–Kier alpha value is -2.03. The fourth-order valence-corrected chi connectivity index (χ4v) is 1.75. The number of carbonyl (C=O) groups is 1. The third-order valence-corrected chi connectivity index (χ3v) is 2.54. The molecular formula is C14H15NO2. The van der Waals surface area contributed by atoms with E-state index in [9.17, 15) is 9.90 Å². The van der Waals surface area contributed by atoms with Crippen molar-refractivity contribution in [1.29, 1.82) is 0 Å². The molecule has 0 saturated carbocycles. The summed E-state index contributed by atoms with van der Waals surface area (Å²) in [4.78, 5) is 11.8. The first kappa shape index (κ1) is 11.5. The lowest BCUT2D eigenvalue weighted by Gasteiger charge is -2.09. The van der Waals surface area contributed by atoms with Crippen LogP contribution in [0.5, 0.6) is 5.75 Å². The third-order valence-electron chi connectivity index (χ3n) is 2.54. The molecule has 0 fully saturated rings. The van der Waals surface area contributed by atoms with Gasteiger partial charge >= 0.3 is 0 Å². The number of amides is 1. The Morgan fingerprint density at radius 1 is 1.24 bits per heavy atom. The molecule has 1 amide bonds. The van der Waals surface area contributed by atoms with Gasteiger partial charge in [0.25, 0.3) is 5.91 Å². The number of phenolic OH excluding ortho intramolecular Hbond substituents is 1. The molecule has 0 saturated heterocycles. The molecule has 3 heteroatoms. The quantitative estimate of drug-likeness (QED) is 0.831. The van der Waals surface area contributed by atoms with Crippen LogP contribution in [0.15, 0.2) is 36.4 Å².